The molecule has 0 spiro atoms. The minimum Gasteiger partial charge on any atom is -0.361 e. The van der Waals surface area contributed by atoms with Gasteiger partial charge in [-0.1, -0.05) is 18.2 Å². The van der Waals surface area contributed by atoms with Gasteiger partial charge in [-0.25, -0.2) is 0 Å². The van der Waals surface area contributed by atoms with Gasteiger partial charge in [0.1, 0.15) is 0 Å². The Kier molecular flexibility index (Phi) is 5.32. The minimum atomic E-state index is -0.310. The van der Waals surface area contributed by atoms with E-state index < -0.39 is 0 Å². The third-order valence-corrected chi connectivity index (χ3v) is 5.26. The van der Waals surface area contributed by atoms with E-state index in [1.165, 1.54) is 22.3 Å². The predicted molar refractivity (Wildman–Crippen MR) is 98.9 cm³/mol. The number of aromatic nitrogens is 1. The number of aromatic amines is 1. The maximum absolute atomic E-state index is 11.8. The van der Waals surface area contributed by atoms with Gasteiger partial charge in [0.25, 0.3) is 5.91 Å². The number of nitrogens with one attached hydrogen (secondary N) is 3. The van der Waals surface area contributed by atoms with Crippen molar-refractivity contribution in [2.24, 2.45) is 0 Å². The van der Waals surface area contributed by atoms with Gasteiger partial charge in [-0.05, 0) is 52.5 Å². The molecule has 5 nitrogen and oxygen atoms in total. The molecule has 0 saturated heterocycles. The quantitative estimate of drug-likeness (QED) is 0.565. The second kappa shape index (κ2) is 7.63. The molecule has 2 aromatic heterocycles. The standard InChI is InChI=1S/C17H16BrN3O2S/c18-15-9-8-14(24-15)17(23)21-20-16(22)7-3-4-11-10-19-13-6-2-1-5-12(11)13/h1-2,5-6,8-10,19H,3-4,7H2,(H,20,22)(H,21,23). The molecule has 3 N–H and O–H groups in total. The van der Waals surface area contributed by atoms with Crippen molar-refractivity contribution in [1.82, 2.24) is 15.8 Å². The highest BCUT2D eigenvalue weighted by atomic mass is 79.9. The molecule has 2 amide bonds. The van der Waals surface area contributed by atoms with Crippen LogP contribution in [0.15, 0.2) is 46.4 Å². The van der Waals surface area contributed by atoms with E-state index >= 15 is 0 Å². The Morgan fingerprint density at radius 1 is 1.12 bits per heavy atom. The number of aryl methyl sites for hydroxylation is 1. The van der Waals surface area contributed by atoms with Crippen LogP contribution in [-0.2, 0) is 11.2 Å². The van der Waals surface area contributed by atoms with E-state index in [2.05, 4.69) is 37.8 Å². The molecular weight excluding hydrogens is 390 g/mol. The number of thiophene rings is 1. The van der Waals surface area contributed by atoms with Crippen molar-refractivity contribution >= 4 is 50.0 Å². The van der Waals surface area contributed by atoms with Crippen LogP contribution < -0.4 is 10.9 Å². The molecule has 0 atom stereocenters. The zero-order valence-corrected chi connectivity index (χ0v) is 15.2. The average Bonchev–Trinajstić information content (AvgIpc) is 3.19. The van der Waals surface area contributed by atoms with Gasteiger partial charge in [0.2, 0.25) is 5.91 Å². The number of hydrazine groups is 1. The average molecular weight is 406 g/mol. The summed E-state index contributed by atoms with van der Waals surface area (Å²) in [6.45, 7) is 0. The molecule has 0 aliphatic carbocycles. The molecule has 3 aromatic rings. The predicted octanol–water partition coefficient (Wildman–Crippen LogP) is 3.78. The van der Waals surface area contributed by atoms with E-state index in [-0.39, 0.29) is 11.8 Å². The first-order chi connectivity index (χ1) is 11.6. The van der Waals surface area contributed by atoms with E-state index in [0.29, 0.717) is 17.7 Å². The Morgan fingerprint density at radius 3 is 2.75 bits per heavy atom. The number of H-pyrrole nitrogens is 1. The molecule has 0 bridgehead atoms. The van der Waals surface area contributed by atoms with Crippen LogP contribution in [0.1, 0.15) is 28.1 Å². The summed E-state index contributed by atoms with van der Waals surface area (Å²) < 4.78 is 0.873. The molecule has 2 heterocycles. The maximum Gasteiger partial charge on any atom is 0.279 e. The maximum atomic E-state index is 11.8. The van der Waals surface area contributed by atoms with Crippen LogP contribution in [0.4, 0.5) is 0 Å². The monoisotopic (exact) mass is 405 g/mol. The Morgan fingerprint density at radius 2 is 1.96 bits per heavy atom. The summed E-state index contributed by atoms with van der Waals surface area (Å²) in [4.78, 5) is 27.4. The molecule has 3 rings (SSSR count). The first-order valence-electron chi connectivity index (χ1n) is 7.53. The molecule has 0 aliphatic heterocycles. The van der Waals surface area contributed by atoms with Crippen LogP contribution in [0.5, 0.6) is 0 Å². The molecule has 0 aliphatic rings. The number of hydrogen-bond acceptors (Lipinski definition) is 3. The van der Waals surface area contributed by atoms with Crippen molar-refractivity contribution in [2.75, 3.05) is 0 Å². The molecule has 7 heteroatoms. The summed E-state index contributed by atoms with van der Waals surface area (Å²) in [6, 6.07) is 11.6. The zero-order valence-electron chi connectivity index (χ0n) is 12.8. The number of carbonyl (C=O) groups excluding carboxylic acids is 2. The summed E-state index contributed by atoms with van der Waals surface area (Å²) in [5, 5.41) is 1.19. The Bertz CT molecular complexity index is 871. The number of hydrogen-bond donors (Lipinski definition) is 3. The van der Waals surface area contributed by atoms with Crippen LogP contribution in [0.2, 0.25) is 0 Å². The van der Waals surface area contributed by atoms with Gasteiger partial charge in [-0.3, -0.25) is 20.4 Å². The fourth-order valence-electron chi connectivity index (χ4n) is 2.46. The molecule has 0 saturated carbocycles. The van der Waals surface area contributed by atoms with Crippen LogP contribution >= 0.6 is 27.3 Å². The molecule has 24 heavy (non-hydrogen) atoms. The third kappa shape index (κ3) is 4.04. The first-order valence-corrected chi connectivity index (χ1v) is 9.14. The summed E-state index contributed by atoms with van der Waals surface area (Å²) in [6.07, 6.45) is 3.87. The number of rotatable bonds is 5. The van der Waals surface area contributed by atoms with Crippen molar-refractivity contribution in [3.05, 3.63) is 56.8 Å². The van der Waals surface area contributed by atoms with E-state index in [4.69, 9.17) is 0 Å². The second-order valence-corrected chi connectivity index (χ2v) is 7.78. The van der Waals surface area contributed by atoms with Crippen molar-refractivity contribution in [2.45, 2.75) is 19.3 Å². The topological polar surface area (TPSA) is 74.0 Å². The number of benzene rings is 1. The zero-order chi connectivity index (χ0) is 16.9. The number of amides is 2. The largest absolute Gasteiger partial charge is 0.361 e. The van der Waals surface area contributed by atoms with Gasteiger partial charge in [0.15, 0.2) is 0 Å². The van der Waals surface area contributed by atoms with E-state index in [1.807, 2.05) is 24.4 Å². The van der Waals surface area contributed by atoms with Gasteiger partial charge < -0.3 is 4.98 Å². The summed E-state index contributed by atoms with van der Waals surface area (Å²) in [5.74, 6) is -0.505. The number of para-hydroxylation sites is 1. The van der Waals surface area contributed by atoms with E-state index in [0.717, 1.165) is 15.7 Å². The summed E-state index contributed by atoms with van der Waals surface area (Å²) >= 11 is 4.61. The van der Waals surface area contributed by atoms with Crippen molar-refractivity contribution in [1.29, 1.82) is 0 Å². The molecule has 0 fully saturated rings. The molecule has 124 valence electrons. The number of carbonyl (C=O) groups is 2. The second-order valence-electron chi connectivity index (χ2n) is 5.32. The summed E-state index contributed by atoms with van der Waals surface area (Å²) in [5.41, 5.74) is 7.19. The normalized spacial score (nSPS) is 10.7. The fourth-order valence-corrected chi connectivity index (χ4v) is 3.75. The van der Waals surface area contributed by atoms with Crippen molar-refractivity contribution < 1.29 is 9.59 Å². The highest BCUT2D eigenvalue weighted by molar-refractivity contribution is 9.11. The van der Waals surface area contributed by atoms with Gasteiger partial charge in [0, 0.05) is 23.5 Å². The van der Waals surface area contributed by atoms with Gasteiger partial charge in [-0.2, -0.15) is 0 Å². The highest BCUT2D eigenvalue weighted by Crippen LogP contribution is 2.21. The van der Waals surface area contributed by atoms with Gasteiger partial charge >= 0.3 is 0 Å². The molecule has 0 radical (unpaired) electrons. The first kappa shape index (κ1) is 16.7. The Balaban J connectivity index is 1.43. The van der Waals surface area contributed by atoms with Crippen LogP contribution in [0.3, 0.4) is 0 Å². The van der Waals surface area contributed by atoms with Crippen molar-refractivity contribution in [3.8, 4) is 0 Å². The van der Waals surface area contributed by atoms with E-state index in [1.54, 1.807) is 12.1 Å². The van der Waals surface area contributed by atoms with Gasteiger partial charge in [-0.15, -0.1) is 11.3 Å². The lowest BCUT2D eigenvalue weighted by atomic mass is 10.1. The SMILES string of the molecule is O=C(CCCc1c[nH]c2ccccc12)NNC(=O)c1ccc(Br)s1. The minimum absolute atomic E-state index is 0.196. The Hall–Kier alpha value is -2.12. The van der Waals surface area contributed by atoms with Crippen LogP contribution in [0, 0.1) is 0 Å². The van der Waals surface area contributed by atoms with Gasteiger partial charge in [0.05, 0.1) is 8.66 Å². The van der Waals surface area contributed by atoms with Crippen LogP contribution in [0.25, 0.3) is 10.9 Å². The lowest BCUT2D eigenvalue weighted by Crippen LogP contribution is -2.41. The van der Waals surface area contributed by atoms with Crippen molar-refractivity contribution in [3.63, 3.8) is 0 Å². The number of halogens is 1. The smallest absolute Gasteiger partial charge is 0.279 e. The lowest BCUT2D eigenvalue weighted by molar-refractivity contribution is -0.121. The molecular formula is C17H16BrN3O2S. The summed E-state index contributed by atoms with van der Waals surface area (Å²) in [7, 11) is 0. The lowest BCUT2D eigenvalue weighted by Gasteiger charge is -2.06. The fraction of sp³-hybridized carbons (Fsp3) is 0.176. The van der Waals surface area contributed by atoms with Crippen LogP contribution in [-0.4, -0.2) is 16.8 Å². The highest BCUT2D eigenvalue weighted by Gasteiger charge is 2.10. The molecule has 1 aromatic carbocycles. The number of fused-ring (bicyclic) bond motifs is 1. The third-order valence-electron chi connectivity index (χ3n) is 3.64. The Labute approximate surface area is 151 Å². The van der Waals surface area contributed by atoms with E-state index in [9.17, 15) is 9.59 Å². The molecule has 0 unspecified atom stereocenters.